The van der Waals surface area contributed by atoms with Crippen LogP contribution in [-0.4, -0.2) is 68.7 Å². The first-order valence-electron chi connectivity index (χ1n) is 12.3. The van der Waals surface area contributed by atoms with E-state index in [-0.39, 0.29) is 18.0 Å². The lowest BCUT2D eigenvalue weighted by molar-refractivity contribution is -0.117. The lowest BCUT2D eigenvalue weighted by Gasteiger charge is -2.33. The second kappa shape index (κ2) is 10.5. The molecule has 2 aromatic rings. The Hall–Kier alpha value is -2.68. The number of carbonyl (C=O) groups excluding carboxylic acids is 1. The van der Waals surface area contributed by atoms with Crippen LogP contribution >= 0.6 is 0 Å². The topological polar surface area (TPSA) is 99.5 Å². The average Bonchev–Trinajstić information content (AvgIpc) is 3.23. The maximum atomic E-state index is 11.8. The van der Waals surface area contributed by atoms with E-state index in [0.717, 1.165) is 56.2 Å². The maximum absolute atomic E-state index is 11.8. The second-order valence-corrected chi connectivity index (χ2v) is 9.66. The molecule has 0 bridgehead atoms. The number of hydrogen-bond donors (Lipinski definition) is 3. The number of hydrogen-bond acceptors (Lipinski definition) is 7. The van der Waals surface area contributed by atoms with Crippen molar-refractivity contribution >= 4 is 23.5 Å². The lowest BCUT2D eigenvalue weighted by Crippen LogP contribution is -2.41. The van der Waals surface area contributed by atoms with Crippen LogP contribution in [0.2, 0.25) is 0 Å². The van der Waals surface area contributed by atoms with Crippen molar-refractivity contribution in [3.63, 3.8) is 0 Å². The molecule has 1 amide bonds. The highest BCUT2D eigenvalue weighted by Crippen LogP contribution is 2.26. The van der Waals surface area contributed by atoms with Crippen molar-refractivity contribution in [2.24, 2.45) is 0 Å². The predicted octanol–water partition coefficient (Wildman–Crippen LogP) is 3.00. The van der Waals surface area contributed by atoms with Crippen LogP contribution in [0.15, 0.2) is 18.9 Å². The molecule has 2 fully saturated rings. The highest BCUT2D eigenvalue weighted by molar-refractivity contribution is 5.87. The molecule has 2 saturated carbocycles. The van der Waals surface area contributed by atoms with Crippen molar-refractivity contribution < 1.29 is 4.79 Å². The fourth-order valence-corrected chi connectivity index (χ4v) is 5.14. The van der Waals surface area contributed by atoms with Crippen molar-refractivity contribution in [2.45, 2.75) is 88.9 Å². The summed E-state index contributed by atoms with van der Waals surface area (Å²) in [5.74, 6) is 1.27. The third kappa shape index (κ3) is 5.63. The zero-order valence-corrected chi connectivity index (χ0v) is 20.2. The van der Waals surface area contributed by atoms with Crippen molar-refractivity contribution in [2.75, 3.05) is 24.7 Å². The van der Waals surface area contributed by atoms with E-state index in [9.17, 15) is 4.79 Å². The van der Waals surface area contributed by atoms with Crippen molar-refractivity contribution in [1.82, 2.24) is 29.8 Å². The Kier molecular flexibility index (Phi) is 7.47. The molecule has 3 N–H and O–H groups in total. The van der Waals surface area contributed by atoms with E-state index in [2.05, 4.69) is 53.5 Å². The van der Waals surface area contributed by atoms with Crippen LogP contribution in [0, 0.1) is 0 Å². The molecule has 2 aromatic heterocycles. The highest BCUT2D eigenvalue weighted by atomic mass is 16.1. The molecule has 2 aliphatic carbocycles. The number of nitrogens with zero attached hydrogens (tertiary/aromatic N) is 5. The van der Waals surface area contributed by atoms with Crippen LogP contribution in [0.5, 0.6) is 0 Å². The van der Waals surface area contributed by atoms with E-state index < -0.39 is 0 Å². The Morgan fingerprint density at radius 1 is 1.12 bits per heavy atom. The van der Waals surface area contributed by atoms with Gasteiger partial charge in [-0.1, -0.05) is 13.5 Å². The van der Waals surface area contributed by atoms with Gasteiger partial charge in [-0.2, -0.15) is 19.6 Å². The van der Waals surface area contributed by atoms with Gasteiger partial charge < -0.3 is 20.9 Å². The first kappa shape index (κ1) is 23.5. The molecule has 2 atom stereocenters. The number of nitrogens with one attached hydrogen (secondary N) is 3. The molecular weight excluding hydrogens is 416 g/mol. The fourth-order valence-electron chi connectivity index (χ4n) is 5.14. The van der Waals surface area contributed by atoms with Crippen LogP contribution in [0.3, 0.4) is 0 Å². The summed E-state index contributed by atoms with van der Waals surface area (Å²) in [6, 6.07) is 1.40. The van der Waals surface area contributed by atoms with Gasteiger partial charge in [-0.05, 0) is 78.0 Å². The largest absolute Gasteiger partial charge is 0.351 e. The minimum Gasteiger partial charge on any atom is -0.351 e. The van der Waals surface area contributed by atoms with Gasteiger partial charge in [-0.15, -0.1) is 0 Å². The third-order valence-corrected chi connectivity index (χ3v) is 7.12. The summed E-state index contributed by atoms with van der Waals surface area (Å²) in [7, 11) is 4.33. The molecule has 0 unspecified atom stereocenters. The Labute approximate surface area is 196 Å². The zero-order valence-electron chi connectivity index (χ0n) is 20.2. The minimum atomic E-state index is -0.111. The molecule has 0 aliphatic heterocycles. The van der Waals surface area contributed by atoms with Crippen LogP contribution in [-0.2, 0) is 11.2 Å². The molecule has 0 aromatic carbocycles. The van der Waals surface area contributed by atoms with Gasteiger partial charge in [0.25, 0.3) is 0 Å². The summed E-state index contributed by atoms with van der Waals surface area (Å²) < 4.78 is 1.82. The van der Waals surface area contributed by atoms with Gasteiger partial charge in [-0.3, -0.25) is 4.79 Å². The molecule has 0 spiro atoms. The van der Waals surface area contributed by atoms with E-state index >= 15 is 0 Å². The number of rotatable bonds is 8. The molecular formula is C24H38N8O. The lowest BCUT2D eigenvalue weighted by atomic mass is 9.90. The van der Waals surface area contributed by atoms with Gasteiger partial charge in [0.2, 0.25) is 17.8 Å². The Balaban J connectivity index is 1.50. The molecule has 180 valence electrons. The predicted molar refractivity (Wildman–Crippen MR) is 132 cm³/mol. The van der Waals surface area contributed by atoms with Gasteiger partial charge in [0.05, 0.1) is 6.20 Å². The van der Waals surface area contributed by atoms with Gasteiger partial charge >= 0.3 is 0 Å². The Morgan fingerprint density at radius 2 is 1.88 bits per heavy atom. The van der Waals surface area contributed by atoms with Crippen molar-refractivity contribution in [3.05, 3.63) is 24.4 Å². The SMILES string of the molecule is C=CC(=O)N[C@@H]1CCC[C@@H](Nc2nc(NC3CCC(N(C)C)CC3)nc3c(CC)cnn23)C1. The molecule has 0 saturated heterocycles. The van der Waals surface area contributed by atoms with Crippen LogP contribution in [0.25, 0.3) is 5.65 Å². The van der Waals surface area contributed by atoms with E-state index in [4.69, 9.17) is 9.97 Å². The van der Waals surface area contributed by atoms with Crippen LogP contribution in [0.4, 0.5) is 11.9 Å². The molecule has 9 heteroatoms. The van der Waals surface area contributed by atoms with Crippen LogP contribution < -0.4 is 16.0 Å². The number of fused-ring (bicyclic) bond motifs is 1. The van der Waals surface area contributed by atoms with E-state index in [1.165, 1.54) is 18.9 Å². The highest BCUT2D eigenvalue weighted by Gasteiger charge is 2.26. The molecule has 33 heavy (non-hydrogen) atoms. The quantitative estimate of drug-likeness (QED) is 0.527. The van der Waals surface area contributed by atoms with E-state index in [1.54, 1.807) is 0 Å². The summed E-state index contributed by atoms with van der Waals surface area (Å²) in [5.41, 5.74) is 1.96. The van der Waals surface area contributed by atoms with E-state index in [1.807, 2.05) is 10.7 Å². The molecule has 2 aliphatic rings. The summed E-state index contributed by atoms with van der Waals surface area (Å²) >= 11 is 0. The Bertz CT molecular complexity index is 963. The maximum Gasteiger partial charge on any atom is 0.243 e. The summed E-state index contributed by atoms with van der Waals surface area (Å²) in [6.07, 6.45) is 12.6. The number of anilines is 2. The normalized spacial score (nSPS) is 25.7. The standard InChI is InChI=1S/C24H38N8O/c1-5-16-15-25-32-22(16)29-23(27-17-10-12-20(13-11-17)31(3)4)30-24(32)28-19-9-7-8-18(14-19)26-21(33)6-2/h6,15,17-20H,2,5,7-14H2,1,3-4H3,(H,26,33)(H2,27,28,29,30)/t17?,18-,19-,20?/m1/s1. The fraction of sp³-hybridized carbons (Fsp3) is 0.667. The van der Waals surface area contributed by atoms with E-state index in [0.29, 0.717) is 24.0 Å². The van der Waals surface area contributed by atoms with Gasteiger partial charge in [0, 0.05) is 29.7 Å². The summed E-state index contributed by atoms with van der Waals surface area (Å²) in [4.78, 5) is 23.8. The first-order chi connectivity index (χ1) is 16.0. The minimum absolute atomic E-state index is 0.111. The summed E-state index contributed by atoms with van der Waals surface area (Å²) in [5, 5.41) is 14.8. The third-order valence-electron chi connectivity index (χ3n) is 7.12. The van der Waals surface area contributed by atoms with Gasteiger partial charge in [-0.25, -0.2) is 0 Å². The van der Waals surface area contributed by atoms with Crippen molar-refractivity contribution in [3.8, 4) is 0 Å². The molecule has 4 rings (SSSR count). The first-order valence-corrected chi connectivity index (χ1v) is 12.3. The zero-order chi connectivity index (χ0) is 23.4. The monoisotopic (exact) mass is 454 g/mol. The van der Waals surface area contributed by atoms with Crippen LogP contribution in [0.1, 0.15) is 63.9 Å². The molecule has 9 nitrogen and oxygen atoms in total. The second-order valence-electron chi connectivity index (χ2n) is 9.66. The summed E-state index contributed by atoms with van der Waals surface area (Å²) in [6.45, 7) is 5.68. The number of carbonyl (C=O) groups is 1. The molecule has 2 heterocycles. The average molecular weight is 455 g/mol. The smallest absolute Gasteiger partial charge is 0.243 e. The number of amides is 1. The van der Waals surface area contributed by atoms with Gasteiger partial charge in [0.15, 0.2) is 5.65 Å². The molecule has 0 radical (unpaired) electrons. The Morgan fingerprint density at radius 3 is 2.58 bits per heavy atom. The van der Waals surface area contributed by atoms with Gasteiger partial charge in [0.1, 0.15) is 0 Å². The number of aromatic nitrogens is 4. The number of aryl methyl sites for hydroxylation is 1. The van der Waals surface area contributed by atoms with Crippen molar-refractivity contribution in [1.29, 1.82) is 0 Å².